The highest BCUT2D eigenvalue weighted by Crippen LogP contribution is 2.30. The summed E-state index contributed by atoms with van der Waals surface area (Å²) in [6.07, 6.45) is 1.59. The van der Waals surface area contributed by atoms with Crippen molar-refractivity contribution in [2.75, 3.05) is 31.1 Å². The second-order valence-electron chi connectivity index (χ2n) is 9.74. The molecule has 0 atom stereocenters. The maximum absolute atomic E-state index is 13.9. The van der Waals surface area contributed by atoms with E-state index in [-0.39, 0.29) is 11.8 Å². The number of nitrogens with zero attached hydrogens (tertiary/aromatic N) is 4. The van der Waals surface area contributed by atoms with Crippen molar-refractivity contribution < 1.29 is 4.79 Å². The Morgan fingerprint density at radius 2 is 1.42 bits per heavy atom. The lowest BCUT2D eigenvalue weighted by Crippen LogP contribution is -2.50. The van der Waals surface area contributed by atoms with Gasteiger partial charge >= 0.3 is 0 Å². The smallest absolute Gasteiger partial charge is 0.234 e. The summed E-state index contributed by atoms with van der Waals surface area (Å²) in [7, 11) is 0. The van der Waals surface area contributed by atoms with Crippen LogP contribution in [0.4, 0.5) is 5.82 Å². The minimum atomic E-state index is -0.308. The van der Waals surface area contributed by atoms with Gasteiger partial charge < -0.3 is 9.80 Å². The monoisotopic (exact) mass is 524 g/mol. The van der Waals surface area contributed by atoms with Crippen LogP contribution in [0.3, 0.4) is 0 Å². The van der Waals surface area contributed by atoms with Gasteiger partial charge in [0.15, 0.2) is 0 Å². The van der Waals surface area contributed by atoms with E-state index in [0.29, 0.717) is 13.1 Å². The second-order valence-corrected chi connectivity index (χ2v) is 10.2. The van der Waals surface area contributed by atoms with Crippen molar-refractivity contribution in [2.45, 2.75) is 32.6 Å². The molecule has 6 heteroatoms. The second kappa shape index (κ2) is 11.8. The molecule has 0 saturated carbocycles. The van der Waals surface area contributed by atoms with Gasteiger partial charge in [-0.2, -0.15) is 0 Å². The Morgan fingerprint density at radius 3 is 1.97 bits per heavy atom. The predicted molar refractivity (Wildman–Crippen MR) is 154 cm³/mol. The molecule has 0 unspecified atom stereocenters. The van der Waals surface area contributed by atoms with Crippen LogP contribution in [0.1, 0.15) is 46.6 Å². The van der Waals surface area contributed by atoms with E-state index in [0.717, 1.165) is 65.0 Å². The van der Waals surface area contributed by atoms with Crippen LogP contribution in [0.5, 0.6) is 0 Å². The molecule has 2 heterocycles. The first-order valence-corrected chi connectivity index (χ1v) is 13.7. The molecule has 5 rings (SSSR count). The molecule has 0 aliphatic carbocycles. The van der Waals surface area contributed by atoms with Gasteiger partial charge in [0.1, 0.15) is 11.6 Å². The number of piperazine rings is 1. The third-order valence-corrected chi connectivity index (χ3v) is 7.47. The van der Waals surface area contributed by atoms with Crippen LogP contribution < -0.4 is 4.90 Å². The largest absolute Gasteiger partial charge is 0.353 e. The molecule has 1 aliphatic rings. The Balaban J connectivity index is 1.38. The Hall–Kier alpha value is -3.70. The average Bonchev–Trinajstić information content (AvgIpc) is 2.96. The van der Waals surface area contributed by atoms with E-state index < -0.39 is 0 Å². The van der Waals surface area contributed by atoms with Gasteiger partial charge in [0.05, 0.1) is 5.92 Å². The van der Waals surface area contributed by atoms with Gasteiger partial charge in [0.25, 0.3) is 0 Å². The van der Waals surface area contributed by atoms with Gasteiger partial charge in [0.2, 0.25) is 5.91 Å². The van der Waals surface area contributed by atoms with Gasteiger partial charge in [-0.15, -0.1) is 0 Å². The van der Waals surface area contributed by atoms with E-state index in [4.69, 9.17) is 21.6 Å². The van der Waals surface area contributed by atoms with E-state index in [1.165, 1.54) is 5.56 Å². The normalized spacial score (nSPS) is 13.7. The van der Waals surface area contributed by atoms with Crippen molar-refractivity contribution in [3.05, 3.63) is 124 Å². The molecule has 38 heavy (non-hydrogen) atoms. The summed E-state index contributed by atoms with van der Waals surface area (Å²) in [4.78, 5) is 27.9. The standard InChI is InChI=1S/C32H33ClN4O/c1-3-29-28(22-24-14-16-27(33)17-15-24)31(35-23(2)34-29)36-18-20-37(21-19-36)32(38)30(25-10-6-4-7-11-25)26-12-8-5-9-13-26/h4-17,30H,3,18-22H2,1-2H3. The molecule has 0 spiro atoms. The lowest BCUT2D eigenvalue weighted by molar-refractivity contribution is -0.132. The maximum Gasteiger partial charge on any atom is 0.234 e. The van der Waals surface area contributed by atoms with Gasteiger partial charge in [-0.3, -0.25) is 4.79 Å². The first kappa shape index (κ1) is 25.9. The average molecular weight is 525 g/mol. The lowest BCUT2D eigenvalue weighted by Gasteiger charge is -2.38. The van der Waals surface area contributed by atoms with Crippen LogP contribution in [0, 0.1) is 6.92 Å². The Labute approximate surface area is 230 Å². The summed E-state index contributed by atoms with van der Waals surface area (Å²) in [5, 5.41) is 0.731. The van der Waals surface area contributed by atoms with Gasteiger partial charge in [0, 0.05) is 48.9 Å². The van der Waals surface area contributed by atoms with Crippen molar-refractivity contribution >= 4 is 23.3 Å². The predicted octanol–water partition coefficient (Wildman–Crippen LogP) is 6.07. The summed E-state index contributed by atoms with van der Waals surface area (Å²) in [6, 6.07) is 28.2. The van der Waals surface area contributed by atoms with Crippen molar-refractivity contribution in [1.82, 2.24) is 14.9 Å². The first-order chi connectivity index (χ1) is 18.5. The number of carbonyl (C=O) groups excluding carboxylic acids is 1. The number of halogens is 1. The van der Waals surface area contributed by atoms with Crippen molar-refractivity contribution in [1.29, 1.82) is 0 Å². The van der Waals surface area contributed by atoms with E-state index >= 15 is 0 Å². The minimum Gasteiger partial charge on any atom is -0.353 e. The lowest BCUT2D eigenvalue weighted by atomic mass is 9.90. The van der Waals surface area contributed by atoms with Crippen LogP contribution in [0.25, 0.3) is 0 Å². The first-order valence-electron chi connectivity index (χ1n) is 13.3. The van der Waals surface area contributed by atoms with E-state index in [9.17, 15) is 4.79 Å². The van der Waals surface area contributed by atoms with Gasteiger partial charge in [-0.25, -0.2) is 9.97 Å². The molecule has 1 fully saturated rings. The van der Waals surface area contributed by atoms with E-state index in [2.05, 4.69) is 24.0 Å². The fourth-order valence-electron chi connectivity index (χ4n) is 5.27. The highest BCUT2D eigenvalue weighted by molar-refractivity contribution is 6.30. The van der Waals surface area contributed by atoms with Crippen LogP contribution in [-0.2, 0) is 17.6 Å². The Morgan fingerprint density at radius 1 is 0.842 bits per heavy atom. The number of amides is 1. The fourth-order valence-corrected chi connectivity index (χ4v) is 5.39. The summed E-state index contributed by atoms with van der Waals surface area (Å²) in [5.41, 5.74) is 5.46. The van der Waals surface area contributed by atoms with E-state index in [1.807, 2.05) is 84.6 Å². The molecular weight excluding hydrogens is 492 g/mol. The summed E-state index contributed by atoms with van der Waals surface area (Å²) < 4.78 is 0. The maximum atomic E-state index is 13.9. The number of rotatable bonds is 7. The molecule has 3 aromatic carbocycles. The molecule has 1 aromatic heterocycles. The van der Waals surface area contributed by atoms with Crippen molar-refractivity contribution in [2.24, 2.45) is 0 Å². The van der Waals surface area contributed by atoms with Crippen molar-refractivity contribution in [3.63, 3.8) is 0 Å². The number of aryl methyl sites for hydroxylation is 2. The SMILES string of the molecule is CCc1nc(C)nc(N2CCN(C(=O)C(c3ccccc3)c3ccccc3)CC2)c1Cc1ccc(Cl)cc1. The number of aromatic nitrogens is 2. The molecule has 0 bridgehead atoms. The quantitative estimate of drug-likeness (QED) is 0.294. The highest BCUT2D eigenvalue weighted by Gasteiger charge is 2.31. The number of anilines is 1. The Kier molecular flexibility index (Phi) is 8.04. The zero-order valence-electron chi connectivity index (χ0n) is 22.0. The number of carbonyl (C=O) groups is 1. The topological polar surface area (TPSA) is 49.3 Å². The molecule has 4 aromatic rings. The zero-order valence-corrected chi connectivity index (χ0v) is 22.7. The van der Waals surface area contributed by atoms with Crippen LogP contribution in [-0.4, -0.2) is 47.0 Å². The zero-order chi connectivity index (χ0) is 26.5. The molecule has 1 amide bonds. The van der Waals surface area contributed by atoms with Crippen LogP contribution in [0.2, 0.25) is 5.02 Å². The molecular formula is C32H33ClN4O. The fraction of sp³-hybridized carbons (Fsp3) is 0.281. The summed E-state index contributed by atoms with van der Waals surface area (Å²) >= 11 is 6.12. The number of benzene rings is 3. The summed E-state index contributed by atoms with van der Waals surface area (Å²) in [5.74, 6) is 1.61. The molecule has 5 nitrogen and oxygen atoms in total. The summed E-state index contributed by atoms with van der Waals surface area (Å²) in [6.45, 7) is 6.87. The van der Waals surface area contributed by atoms with Crippen LogP contribution >= 0.6 is 11.6 Å². The third kappa shape index (κ3) is 5.73. The molecule has 0 N–H and O–H groups in total. The van der Waals surface area contributed by atoms with Crippen molar-refractivity contribution in [3.8, 4) is 0 Å². The van der Waals surface area contributed by atoms with Gasteiger partial charge in [-0.05, 0) is 42.2 Å². The molecule has 0 radical (unpaired) electrons. The molecule has 1 aliphatic heterocycles. The molecule has 194 valence electrons. The highest BCUT2D eigenvalue weighted by atomic mass is 35.5. The Bertz CT molecular complexity index is 1330. The van der Waals surface area contributed by atoms with E-state index in [1.54, 1.807) is 0 Å². The number of hydrogen-bond acceptors (Lipinski definition) is 4. The van der Waals surface area contributed by atoms with Gasteiger partial charge in [-0.1, -0.05) is 91.3 Å². The number of hydrogen-bond donors (Lipinski definition) is 0. The third-order valence-electron chi connectivity index (χ3n) is 7.22. The molecule has 1 saturated heterocycles. The van der Waals surface area contributed by atoms with Crippen LogP contribution in [0.15, 0.2) is 84.9 Å². The minimum absolute atomic E-state index is 0.150.